The molecule has 1 aromatic carbocycles. The first-order valence-electron chi connectivity index (χ1n) is 6.07. The normalized spacial score (nSPS) is 17.3. The lowest BCUT2D eigenvalue weighted by atomic mass is 10.2. The summed E-state index contributed by atoms with van der Waals surface area (Å²) < 4.78 is 8.20. The van der Waals surface area contributed by atoms with Crippen molar-refractivity contribution in [3.8, 4) is 0 Å². The molecule has 0 N–H and O–H groups in total. The largest absolute Gasteiger partial charge is 0.459 e. The van der Waals surface area contributed by atoms with Crippen molar-refractivity contribution in [1.82, 2.24) is 4.90 Å². The molecule has 0 spiro atoms. The molecule has 0 aromatic heterocycles. The summed E-state index contributed by atoms with van der Waals surface area (Å²) in [7, 11) is 0. The highest BCUT2D eigenvalue weighted by Crippen LogP contribution is 2.27. The number of halogens is 3. The maximum absolute atomic E-state index is 11.7. The Morgan fingerprint density at radius 3 is 2.48 bits per heavy atom. The minimum absolute atomic E-state index is 0.160. The van der Waals surface area contributed by atoms with E-state index in [1.165, 1.54) is 4.90 Å². The highest BCUT2D eigenvalue weighted by molar-refractivity contribution is 6.67. The summed E-state index contributed by atoms with van der Waals surface area (Å²) in [5, 5.41) is 0. The van der Waals surface area contributed by atoms with Crippen LogP contribution < -0.4 is 0 Å². The predicted molar refractivity (Wildman–Crippen MR) is 78.4 cm³/mol. The molecule has 114 valence electrons. The van der Waals surface area contributed by atoms with Gasteiger partial charge in [-0.25, -0.2) is 9.59 Å². The van der Waals surface area contributed by atoms with Crippen molar-refractivity contribution in [2.24, 2.45) is 0 Å². The summed E-state index contributed by atoms with van der Waals surface area (Å²) in [6.45, 7) is 0.0261. The maximum Gasteiger partial charge on any atom is 0.410 e. The number of esters is 1. The van der Waals surface area contributed by atoms with Crippen molar-refractivity contribution in [3.05, 3.63) is 35.9 Å². The van der Waals surface area contributed by atoms with Crippen LogP contribution in [0.25, 0.3) is 0 Å². The Kier molecular flexibility index (Phi) is 5.19. The third-order valence-electron chi connectivity index (χ3n) is 2.70. The zero-order valence-electron chi connectivity index (χ0n) is 10.8. The molecule has 0 saturated carbocycles. The summed E-state index contributed by atoms with van der Waals surface area (Å²) in [6, 6.07) is 8.62. The van der Waals surface area contributed by atoms with Gasteiger partial charge in [-0.1, -0.05) is 65.1 Å². The second-order valence-electron chi connectivity index (χ2n) is 4.43. The first-order chi connectivity index (χ1) is 9.87. The van der Waals surface area contributed by atoms with Gasteiger partial charge >= 0.3 is 12.1 Å². The quantitative estimate of drug-likeness (QED) is 0.475. The molecule has 21 heavy (non-hydrogen) atoms. The van der Waals surface area contributed by atoms with Gasteiger partial charge in [0.25, 0.3) is 0 Å². The van der Waals surface area contributed by atoms with Crippen LogP contribution in [0.3, 0.4) is 0 Å². The smallest absolute Gasteiger partial charge is 0.410 e. The summed E-state index contributed by atoms with van der Waals surface area (Å²) >= 11 is 16.4. The SMILES string of the molecule is O=C(OCc1ccccc1)C1CN1C(=O)OCC(Cl)(Cl)Cl. The van der Waals surface area contributed by atoms with Crippen molar-refractivity contribution in [1.29, 1.82) is 0 Å². The first kappa shape index (κ1) is 16.2. The van der Waals surface area contributed by atoms with Gasteiger partial charge in [0, 0.05) is 0 Å². The number of carbonyl (C=O) groups excluding carboxylic acids is 2. The van der Waals surface area contributed by atoms with Crippen LogP contribution in [0.4, 0.5) is 4.79 Å². The molecule has 1 aromatic rings. The molecule has 5 nitrogen and oxygen atoms in total. The average Bonchev–Trinajstić information content (AvgIpc) is 3.23. The van der Waals surface area contributed by atoms with E-state index in [0.717, 1.165) is 5.56 Å². The Morgan fingerprint density at radius 2 is 1.86 bits per heavy atom. The van der Waals surface area contributed by atoms with E-state index in [2.05, 4.69) is 0 Å². The van der Waals surface area contributed by atoms with Crippen LogP contribution in [0.1, 0.15) is 5.56 Å². The molecule has 0 bridgehead atoms. The average molecular weight is 353 g/mol. The third kappa shape index (κ3) is 5.26. The molecule has 1 atom stereocenters. The van der Waals surface area contributed by atoms with E-state index < -0.39 is 21.9 Å². The molecule has 8 heteroatoms. The van der Waals surface area contributed by atoms with Crippen molar-refractivity contribution >= 4 is 46.9 Å². The molecule has 1 unspecified atom stereocenters. The molecule has 1 aliphatic heterocycles. The number of hydrogen-bond acceptors (Lipinski definition) is 4. The van der Waals surface area contributed by atoms with E-state index in [9.17, 15) is 9.59 Å². The van der Waals surface area contributed by atoms with Gasteiger partial charge in [-0.2, -0.15) is 0 Å². The van der Waals surface area contributed by atoms with Gasteiger partial charge in [-0.3, -0.25) is 4.90 Å². The van der Waals surface area contributed by atoms with Gasteiger partial charge in [-0.15, -0.1) is 0 Å². The standard InChI is InChI=1S/C13H12Cl3NO4/c14-13(15,16)8-21-12(19)17-6-10(17)11(18)20-7-9-4-2-1-3-5-9/h1-5,10H,6-8H2. The fourth-order valence-electron chi connectivity index (χ4n) is 1.59. The summed E-state index contributed by atoms with van der Waals surface area (Å²) in [4.78, 5) is 24.5. The van der Waals surface area contributed by atoms with E-state index in [0.29, 0.717) is 0 Å². The third-order valence-corrected chi connectivity index (χ3v) is 3.03. The van der Waals surface area contributed by atoms with Crippen LogP contribution in [-0.2, 0) is 20.9 Å². The zero-order chi connectivity index (χ0) is 15.5. The van der Waals surface area contributed by atoms with Crippen LogP contribution in [0.15, 0.2) is 30.3 Å². The number of alkyl halides is 3. The molecule has 1 fully saturated rings. The number of rotatable bonds is 4. The molecule has 1 saturated heterocycles. The van der Waals surface area contributed by atoms with E-state index in [-0.39, 0.29) is 19.8 Å². The van der Waals surface area contributed by atoms with Crippen LogP contribution in [0.5, 0.6) is 0 Å². The highest BCUT2D eigenvalue weighted by Gasteiger charge is 2.47. The predicted octanol–water partition coefficient (Wildman–Crippen LogP) is 2.92. The number of nitrogens with zero attached hydrogens (tertiary/aromatic N) is 1. The minimum atomic E-state index is -1.67. The molecule has 1 aliphatic rings. The summed E-state index contributed by atoms with van der Waals surface area (Å²) in [5.74, 6) is -0.482. The second-order valence-corrected chi connectivity index (χ2v) is 6.95. The minimum Gasteiger partial charge on any atom is -0.459 e. The zero-order valence-corrected chi connectivity index (χ0v) is 13.1. The number of ether oxygens (including phenoxy) is 2. The fraction of sp³-hybridized carbons (Fsp3) is 0.385. The molecular formula is C13H12Cl3NO4. The van der Waals surface area contributed by atoms with Crippen molar-refractivity contribution in [2.75, 3.05) is 13.2 Å². The molecule has 0 aliphatic carbocycles. The van der Waals surface area contributed by atoms with Crippen LogP contribution in [-0.4, -0.2) is 39.9 Å². The van der Waals surface area contributed by atoms with Gasteiger partial charge in [0.05, 0.1) is 6.54 Å². The number of hydrogen-bond donors (Lipinski definition) is 0. The summed E-state index contributed by atoms with van der Waals surface area (Å²) in [6.07, 6.45) is -0.706. The Bertz CT molecular complexity index is 518. The van der Waals surface area contributed by atoms with Gasteiger partial charge in [0.15, 0.2) is 6.04 Å². The first-order valence-corrected chi connectivity index (χ1v) is 7.21. The molecule has 0 radical (unpaired) electrons. The van der Waals surface area contributed by atoms with Crippen LogP contribution in [0, 0.1) is 0 Å². The molecule has 1 amide bonds. The van der Waals surface area contributed by atoms with E-state index in [4.69, 9.17) is 44.3 Å². The Labute approximate surface area is 136 Å². The van der Waals surface area contributed by atoms with Gasteiger partial charge in [0.2, 0.25) is 3.79 Å². The van der Waals surface area contributed by atoms with Crippen LogP contribution in [0.2, 0.25) is 0 Å². The molecular weight excluding hydrogens is 341 g/mol. The van der Waals surface area contributed by atoms with Gasteiger partial charge in [-0.05, 0) is 5.56 Å². The lowest BCUT2D eigenvalue weighted by Gasteiger charge is -2.11. The van der Waals surface area contributed by atoms with Crippen molar-refractivity contribution in [2.45, 2.75) is 16.4 Å². The Balaban J connectivity index is 1.72. The summed E-state index contributed by atoms with van der Waals surface area (Å²) in [5.41, 5.74) is 0.872. The second kappa shape index (κ2) is 6.73. The maximum atomic E-state index is 11.7. The Morgan fingerprint density at radius 1 is 1.19 bits per heavy atom. The van der Waals surface area contributed by atoms with Crippen molar-refractivity contribution in [3.63, 3.8) is 0 Å². The topological polar surface area (TPSA) is 55.6 Å². The van der Waals surface area contributed by atoms with Gasteiger partial charge in [0.1, 0.15) is 13.2 Å². The van der Waals surface area contributed by atoms with Crippen molar-refractivity contribution < 1.29 is 19.1 Å². The Hall–Kier alpha value is -1.17. The van der Waals surface area contributed by atoms with Crippen LogP contribution >= 0.6 is 34.8 Å². The molecule has 2 rings (SSSR count). The number of benzene rings is 1. The number of amides is 1. The molecule has 1 heterocycles. The highest BCUT2D eigenvalue weighted by atomic mass is 35.6. The lowest BCUT2D eigenvalue weighted by molar-refractivity contribution is -0.145. The lowest BCUT2D eigenvalue weighted by Crippen LogP contribution is -2.24. The van der Waals surface area contributed by atoms with E-state index >= 15 is 0 Å². The number of carbonyl (C=O) groups is 2. The monoisotopic (exact) mass is 351 g/mol. The van der Waals surface area contributed by atoms with Gasteiger partial charge < -0.3 is 9.47 Å². The van der Waals surface area contributed by atoms with E-state index in [1.807, 2.05) is 30.3 Å². The fourth-order valence-corrected chi connectivity index (χ4v) is 1.76. The van der Waals surface area contributed by atoms with E-state index in [1.54, 1.807) is 0 Å².